The van der Waals surface area contributed by atoms with E-state index in [9.17, 15) is 5.26 Å². The van der Waals surface area contributed by atoms with Crippen molar-refractivity contribution in [2.24, 2.45) is 0 Å². The smallest absolute Gasteiger partial charge is 0.139 e. The minimum atomic E-state index is -0.254. The molecule has 3 nitrogen and oxygen atoms in total. The zero-order valence-corrected chi connectivity index (χ0v) is 12.9. The molecule has 0 bridgehead atoms. The summed E-state index contributed by atoms with van der Waals surface area (Å²) in [5, 5.41) is 16.0. The van der Waals surface area contributed by atoms with Crippen LogP contribution in [0.3, 0.4) is 0 Å². The summed E-state index contributed by atoms with van der Waals surface area (Å²) in [4.78, 5) is 4.65. The molecule has 1 N–H and O–H groups in total. The maximum absolute atomic E-state index is 9.37. The SMILES string of the molecule is CC(C)(C)c1nc(C(C#N)NC2CCCCC2)cs1. The number of rotatable bonds is 3. The summed E-state index contributed by atoms with van der Waals surface area (Å²) in [6.07, 6.45) is 6.27. The van der Waals surface area contributed by atoms with Gasteiger partial charge in [0.1, 0.15) is 6.04 Å². The summed E-state index contributed by atoms with van der Waals surface area (Å²) in [5.74, 6) is 0. The van der Waals surface area contributed by atoms with Gasteiger partial charge < -0.3 is 0 Å². The van der Waals surface area contributed by atoms with Crippen molar-refractivity contribution in [1.29, 1.82) is 5.26 Å². The van der Waals surface area contributed by atoms with Gasteiger partial charge in [-0.2, -0.15) is 5.26 Å². The Morgan fingerprint density at radius 3 is 2.58 bits per heavy atom. The van der Waals surface area contributed by atoms with Crippen molar-refractivity contribution in [3.63, 3.8) is 0 Å². The molecule has 2 rings (SSSR count). The number of hydrogen-bond acceptors (Lipinski definition) is 4. The summed E-state index contributed by atoms with van der Waals surface area (Å²) in [5.41, 5.74) is 0.955. The lowest BCUT2D eigenvalue weighted by Gasteiger charge is -2.24. The first-order valence-corrected chi connectivity index (χ1v) is 8.00. The molecule has 0 aromatic carbocycles. The fourth-order valence-corrected chi connectivity index (χ4v) is 3.39. The molecule has 1 unspecified atom stereocenters. The second kappa shape index (κ2) is 6.02. The van der Waals surface area contributed by atoms with E-state index in [0.717, 1.165) is 10.7 Å². The van der Waals surface area contributed by atoms with Gasteiger partial charge in [0.2, 0.25) is 0 Å². The molecule has 1 heterocycles. The minimum Gasteiger partial charge on any atom is -0.294 e. The average molecular weight is 277 g/mol. The molecule has 0 amide bonds. The zero-order chi connectivity index (χ0) is 13.9. The van der Waals surface area contributed by atoms with Crippen LogP contribution in [-0.2, 0) is 5.41 Å². The Morgan fingerprint density at radius 1 is 1.37 bits per heavy atom. The van der Waals surface area contributed by atoms with Crippen molar-refractivity contribution in [2.75, 3.05) is 0 Å². The quantitative estimate of drug-likeness (QED) is 0.910. The van der Waals surface area contributed by atoms with Crippen LogP contribution in [0.1, 0.15) is 69.6 Å². The van der Waals surface area contributed by atoms with Gasteiger partial charge in [0.25, 0.3) is 0 Å². The first-order valence-electron chi connectivity index (χ1n) is 7.12. The van der Waals surface area contributed by atoms with Crippen molar-refractivity contribution in [3.05, 3.63) is 16.1 Å². The molecule has 1 saturated carbocycles. The van der Waals surface area contributed by atoms with E-state index >= 15 is 0 Å². The van der Waals surface area contributed by atoms with E-state index in [0.29, 0.717) is 6.04 Å². The van der Waals surface area contributed by atoms with Crippen molar-refractivity contribution in [2.45, 2.75) is 70.4 Å². The van der Waals surface area contributed by atoms with Crippen LogP contribution in [0.2, 0.25) is 0 Å². The molecule has 0 saturated heterocycles. The van der Waals surface area contributed by atoms with Gasteiger partial charge in [0.05, 0.1) is 16.8 Å². The van der Waals surface area contributed by atoms with Crippen LogP contribution < -0.4 is 5.32 Å². The summed E-state index contributed by atoms with van der Waals surface area (Å²) in [7, 11) is 0. The maximum Gasteiger partial charge on any atom is 0.139 e. The van der Waals surface area contributed by atoms with Crippen LogP contribution in [0.4, 0.5) is 0 Å². The highest BCUT2D eigenvalue weighted by atomic mass is 32.1. The molecule has 0 radical (unpaired) electrons. The number of nitriles is 1. The van der Waals surface area contributed by atoms with Gasteiger partial charge in [-0.3, -0.25) is 5.32 Å². The Bertz CT molecular complexity index is 447. The van der Waals surface area contributed by atoms with Crippen LogP contribution in [-0.4, -0.2) is 11.0 Å². The lowest BCUT2D eigenvalue weighted by atomic mass is 9.94. The van der Waals surface area contributed by atoms with Crippen molar-refractivity contribution < 1.29 is 0 Å². The Kier molecular flexibility index (Phi) is 4.59. The number of nitrogens with one attached hydrogen (secondary N) is 1. The Balaban J connectivity index is 2.05. The average Bonchev–Trinajstić information content (AvgIpc) is 2.86. The highest BCUT2D eigenvalue weighted by Crippen LogP contribution is 2.28. The van der Waals surface area contributed by atoms with E-state index in [1.807, 2.05) is 5.38 Å². The molecule has 1 fully saturated rings. The second-order valence-electron chi connectivity index (χ2n) is 6.39. The van der Waals surface area contributed by atoms with Crippen molar-refractivity contribution >= 4 is 11.3 Å². The fraction of sp³-hybridized carbons (Fsp3) is 0.733. The van der Waals surface area contributed by atoms with Gasteiger partial charge in [-0.15, -0.1) is 11.3 Å². The molecule has 104 valence electrons. The normalized spacial score (nSPS) is 19.1. The molecule has 4 heteroatoms. The summed E-state index contributed by atoms with van der Waals surface area (Å²) in [6.45, 7) is 6.47. The Hall–Kier alpha value is -0.920. The van der Waals surface area contributed by atoms with Crippen molar-refractivity contribution in [3.8, 4) is 6.07 Å². The zero-order valence-electron chi connectivity index (χ0n) is 12.1. The van der Waals surface area contributed by atoms with E-state index < -0.39 is 0 Å². The van der Waals surface area contributed by atoms with Crippen molar-refractivity contribution in [1.82, 2.24) is 10.3 Å². The highest BCUT2D eigenvalue weighted by molar-refractivity contribution is 7.09. The predicted octanol–water partition coefficient (Wildman–Crippen LogP) is 3.93. The first kappa shape index (κ1) is 14.5. The van der Waals surface area contributed by atoms with E-state index in [1.165, 1.54) is 32.1 Å². The summed E-state index contributed by atoms with van der Waals surface area (Å²) >= 11 is 1.66. The highest BCUT2D eigenvalue weighted by Gasteiger charge is 2.23. The van der Waals surface area contributed by atoms with Gasteiger partial charge in [-0.25, -0.2) is 4.98 Å². The number of thiazole rings is 1. The molecule has 0 spiro atoms. The lowest BCUT2D eigenvalue weighted by Crippen LogP contribution is -2.34. The molecule has 1 atom stereocenters. The van der Waals surface area contributed by atoms with Crippen LogP contribution in [0, 0.1) is 11.3 Å². The third-order valence-corrected chi connectivity index (χ3v) is 4.88. The molecular weight excluding hydrogens is 254 g/mol. The van der Waals surface area contributed by atoms with E-state index in [2.05, 4.69) is 37.1 Å². The van der Waals surface area contributed by atoms with Crippen LogP contribution in [0.25, 0.3) is 0 Å². The molecule has 1 aromatic rings. The van der Waals surface area contributed by atoms with Crippen LogP contribution >= 0.6 is 11.3 Å². The molecular formula is C15H23N3S. The monoisotopic (exact) mass is 277 g/mol. The molecule has 1 aliphatic carbocycles. The predicted molar refractivity (Wildman–Crippen MR) is 79.2 cm³/mol. The number of aromatic nitrogens is 1. The largest absolute Gasteiger partial charge is 0.294 e. The third kappa shape index (κ3) is 3.77. The Morgan fingerprint density at radius 2 is 2.05 bits per heavy atom. The number of nitrogens with zero attached hydrogens (tertiary/aromatic N) is 2. The first-order chi connectivity index (χ1) is 9.00. The van der Waals surface area contributed by atoms with Gasteiger partial charge in [-0.05, 0) is 12.8 Å². The Labute approximate surface area is 120 Å². The standard InChI is InChI=1S/C15H23N3S/c1-15(2,3)14-18-13(10-19-14)12(9-16)17-11-7-5-4-6-8-11/h10-12,17H,4-8H2,1-3H3. The van der Waals surface area contributed by atoms with Gasteiger partial charge in [0.15, 0.2) is 0 Å². The fourth-order valence-electron chi connectivity index (χ4n) is 2.46. The van der Waals surface area contributed by atoms with E-state index in [-0.39, 0.29) is 11.5 Å². The summed E-state index contributed by atoms with van der Waals surface area (Å²) in [6, 6.07) is 2.59. The number of hydrogen-bond donors (Lipinski definition) is 1. The van der Waals surface area contributed by atoms with Crippen LogP contribution in [0.5, 0.6) is 0 Å². The van der Waals surface area contributed by atoms with E-state index in [1.54, 1.807) is 11.3 Å². The molecule has 1 aliphatic rings. The van der Waals surface area contributed by atoms with Gasteiger partial charge >= 0.3 is 0 Å². The maximum atomic E-state index is 9.37. The molecule has 19 heavy (non-hydrogen) atoms. The lowest BCUT2D eigenvalue weighted by molar-refractivity contribution is 0.358. The summed E-state index contributed by atoms with van der Waals surface area (Å²) < 4.78 is 0. The topological polar surface area (TPSA) is 48.7 Å². The minimum absolute atomic E-state index is 0.0633. The van der Waals surface area contributed by atoms with Gasteiger partial charge in [-0.1, -0.05) is 40.0 Å². The third-order valence-electron chi connectivity index (χ3n) is 3.60. The van der Waals surface area contributed by atoms with Gasteiger partial charge in [0, 0.05) is 16.8 Å². The van der Waals surface area contributed by atoms with Crippen LogP contribution in [0.15, 0.2) is 5.38 Å². The molecule has 0 aliphatic heterocycles. The second-order valence-corrected chi connectivity index (χ2v) is 7.25. The van der Waals surface area contributed by atoms with E-state index in [4.69, 9.17) is 0 Å². The molecule has 1 aromatic heterocycles.